The summed E-state index contributed by atoms with van der Waals surface area (Å²) in [5.41, 5.74) is 2.27. The van der Waals surface area contributed by atoms with Crippen molar-refractivity contribution >= 4 is 41.0 Å². The van der Waals surface area contributed by atoms with Crippen LogP contribution in [0.1, 0.15) is 36.7 Å². The number of benzene rings is 2. The highest BCUT2D eigenvalue weighted by Gasteiger charge is 2.30. The predicted octanol–water partition coefficient (Wildman–Crippen LogP) is 5.28. The van der Waals surface area contributed by atoms with Gasteiger partial charge in [0.15, 0.2) is 11.5 Å². The third-order valence-corrected chi connectivity index (χ3v) is 5.00. The maximum absolute atomic E-state index is 13.2. The molecule has 0 unspecified atom stereocenters. The molecule has 0 aliphatic carbocycles. The van der Waals surface area contributed by atoms with E-state index in [-0.39, 0.29) is 22.6 Å². The van der Waals surface area contributed by atoms with Gasteiger partial charge < -0.3 is 14.2 Å². The Morgan fingerprint density at radius 1 is 1.21 bits per heavy atom. The maximum Gasteiger partial charge on any atom is 0.339 e. The maximum atomic E-state index is 13.2. The van der Waals surface area contributed by atoms with Crippen molar-refractivity contribution in [2.75, 3.05) is 18.7 Å². The molecule has 33 heavy (non-hydrogen) atoms. The molecule has 172 valence electrons. The monoisotopic (exact) mass is 468 g/mol. The van der Waals surface area contributed by atoms with Gasteiger partial charge in [-0.1, -0.05) is 30.3 Å². The molecule has 2 aromatic rings. The molecule has 0 radical (unpaired) electrons. The van der Waals surface area contributed by atoms with Gasteiger partial charge >= 0.3 is 5.97 Å². The average molecular weight is 469 g/mol. The molecular weight excluding hydrogens is 444 g/mol. The molecule has 0 saturated carbocycles. The smallest absolute Gasteiger partial charge is 0.339 e. The SMILES string of the molecule is C=CCOc1ccc(/C=C2\C(=O)N(c3ccc(Cl)c(C(=O)OC(C)C)c3)N=C2C)cc1OC. The number of ether oxygens (including phenoxy) is 3. The Bertz CT molecular complexity index is 1150. The Balaban J connectivity index is 1.90. The lowest BCUT2D eigenvalue weighted by atomic mass is 10.1. The molecule has 1 heterocycles. The number of carbonyl (C=O) groups is 2. The van der Waals surface area contributed by atoms with E-state index in [0.29, 0.717) is 35.1 Å². The first kappa shape index (κ1) is 24.1. The molecule has 0 saturated heterocycles. The number of esters is 1. The van der Waals surface area contributed by atoms with Crippen LogP contribution in [0.2, 0.25) is 5.02 Å². The number of methoxy groups -OCH3 is 1. The summed E-state index contributed by atoms with van der Waals surface area (Å²) in [4.78, 5) is 25.5. The third-order valence-electron chi connectivity index (χ3n) is 4.68. The van der Waals surface area contributed by atoms with Crippen LogP contribution in [0.5, 0.6) is 11.5 Å². The topological polar surface area (TPSA) is 77.4 Å². The number of nitrogens with zero attached hydrogens (tertiary/aromatic N) is 2. The second kappa shape index (κ2) is 10.4. The van der Waals surface area contributed by atoms with E-state index in [0.717, 1.165) is 5.56 Å². The van der Waals surface area contributed by atoms with Crippen LogP contribution < -0.4 is 14.5 Å². The third kappa shape index (κ3) is 5.43. The Morgan fingerprint density at radius 3 is 2.64 bits per heavy atom. The van der Waals surface area contributed by atoms with Crippen molar-refractivity contribution in [2.24, 2.45) is 5.10 Å². The van der Waals surface area contributed by atoms with Crippen molar-refractivity contribution in [3.05, 3.63) is 70.8 Å². The Kier molecular flexibility index (Phi) is 7.55. The molecule has 1 aliphatic heterocycles. The summed E-state index contributed by atoms with van der Waals surface area (Å²) in [7, 11) is 1.55. The highest BCUT2D eigenvalue weighted by Crippen LogP contribution is 2.32. The normalized spacial score (nSPS) is 14.5. The highest BCUT2D eigenvalue weighted by molar-refractivity contribution is 6.34. The first-order chi connectivity index (χ1) is 15.7. The van der Waals surface area contributed by atoms with E-state index in [2.05, 4.69) is 11.7 Å². The molecule has 0 aromatic heterocycles. The molecule has 0 spiro atoms. The van der Waals surface area contributed by atoms with Crippen LogP contribution in [0.25, 0.3) is 6.08 Å². The Morgan fingerprint density at radius 2 is 1.97 bits per heavy atom. The van der Waals surface area contributed by atoms with E-state index in [1.54, 1.807) is 64.3 Å². The van der Waals surface area contributed by atoms with Crippen LogP contribution >= 0.6 is 11.6 Å². The van der Waals surface area contributed by atoms with Crippen molar-refractivity contribution in [3.8, 4) is 11.5 Å². The second-order valence-corrected chi connectivity index (χ2v) is 7.90. The summed E-state index contributed by atoms with van der Waals surface area (Å²) in [6.07, 6.45) is 3.07. The first-order valence-electron chi connectivity index (χ1n) is 10.3. The van der Waals surface area contributed by atoms with E-state index in [4.69, 9.17) is 25.8 Å². The van der Waals surface area contributed by atoms with Gasteiger partial charge in [-0.3, -0.25) is 4.79 Å². The number of hydrogen-bond acceptors (Lipinski definition) is 6. The lowest BCUT2D eigenvalue weighted by Gasteiger charge is -2.15. The molecule has 1 aliphatic rings. The fourth-order valence-electron chi connectivity index (χ4n) is 3.15. The van der Waals surface area contributed by atoms with Crippen LogP contribution in [0.15, 0.2) is 59.7 Å². The van der Waals surface area contributed by atoms with Crippen molar-refractivity contribution in [2.45, 2.75) is 26.9 Å². The fraction of sp³-hybridized carbons (Fsp3) is 0.240. The second-order valence-electron chi connectivity index (χ2n) is 7.49. The van der Waals surface area contributed by atoms with Crippen molar-refractivity contribution in [1.82, 2.24) is 0 Å². The highest BCUT2D eigenvalue weighted by atomic mass is 35.5. The molecule has 0 fully saturated rings. The van der Waals surface area contributed by atoms with Crippen LogP contribution in [0.3, 0.4) is 0 Å². The number of anilines is 1. The average Bonchev–Trinajstić information content (AvgIpc) is 3.06. The summed E-state index contributed by atoms with van der Waals surface area (Å²) in [6, 6.07) is 10.0. The molecule has 7 nitrogen and oxygen atoms in total. The molecule has 0 bridgehead atoms. The molecule has 8 heteroatoms. The van der Waals surface area contributed by atoms with Crippen LogP contribution in [-0.4, -0.2) is 37.4 Å². The quantitative estimate of drug-likeness (QED) is 0.299. The van der Waals surface area contributed by atoms with Gasteiger partial charge in [-0.15, -0.1) is 0 Å². The standard InChI is InChI=1S/C25H25ClN2O5/c1-6-11-32-22-10-7-17(13-23(22)31-5)12-19-16(4)27-28(24(19)29)18-8-9-21(26)20(14-18)25(30)33-15(2)3/h6-10,12-15H,1,11H2,2-5H3/b19-12-. The van der Waals surface area contributed by atoms with Crippen LogP contribution in [0.4, 0.5) is 5.69 Å². The van der Waals surface area contributed by atoms with Gasteiger partial charge in [-0.05, 0) is 62.7 Å². The number of rotatable bonds is 8. The van der Waals surface area contributed by atoms with E-state index in [1.165, 1.54) is 11.1 Å². The van der Waals surface area contributed by atoms with Gasteiger partial charge in [0, 0.05) is 0 Å². The number of amides is 1. The summed E-state index contributed by atoms with van der Waals surface area (Å²) < 4.78 is 16.2. The van der Waals surface area contributed by atoms with Gasteiger partial charge in [0.1, 0.15) is 6.61 Å². The summed E-state index contributed by atoms with van der Waals surface area (Å²) in [5.74, 6) is 0.218. The summed E-state index contributed by atoms with van der Waals surface area (Å²) in [6.45, 7) is 9.22. The molecule has 3 rings (SSSR count). The number of carbonyl (C=O) groups excluding carboxylic acids is 2. The van der Waals surface area contributed by atoms with Gasteiger partial charge in [-0.25, -0.2) is 4.79 Å². The summed E-state index contributed by atoms with van der Waals surface area (Å²) in [5, 5.41) is 5.85. The minimum atomic E-state index is -0.564. The van der Waals surface area contributed by atoms with Crippen LogP contribution in [-0.2, 0) is 9.53 Å². The number of hydrazone groups is 1. The summed E-state index contributed by atoms with van der Waals surface area (Å²) >= 11 is 6.18. The van der Waals surface area contributed by atoms with Gasteiger partial charge in [0.2, 0.25) is 0 Å². The zero-order chi connectivity index (χ0) is 24.1. The van der Waals surface area contributed by atoms with E-state index < -0.39 is 5.97 Å². The zero-order valence-electron chi connectivity index (χ0n) is 18.9. The lowest BCUT2D eigenvalue weighted by Crippen LogP contribution is -2.22. The fourth-order valence-corrected chi connectivity index (χ4v) is 3.34. The van der Waals surface area contributed by atoms with Crippen molar-refractivity contribution in [3.63, 3.8) is 0 Å². The minimum absolute atomic E-state index is 0.167. The van der Waals surface area contributed by atoms with Gasteiger partial charge in [-0.2, -0.15) is 10.1 Å². The lowest BCUT2D eigenvalue weighted by molar-refractivity contribution is -0.114. The Hall–Kier alpha value is -3.58. The van der Waals surface area contributed by atoms with Gasteiger partial charge in [0.05, 0.1) is 40.8 Å². The van der Waals surface area contributed by atoms with E-state index >= 15 is 0 Å². The van der Waals surface area contributed by atoms with Crippen molar-refractivity contribution < 1.29 is 23.8 Å². The Labute approximate surface area is 197 Å². The largest absolute Gasteiger partial charge is 0.493 e. The molecule has 1 amide bonds. The van der Waals surface area contributed by atoms with Crippen LogP contribution in [0, 0.1) is 0 Å². The molecule has 2 aromatic carbocycles. The zero-order valence-corrected chi connectivity index (χ0v) is 19.7. The van der Waals surface area contributed by atoms with E-state index in [1.807, 2.05) is 6.07 Å². The molecular formula is C25H25ClN2O5. The predicted molar refractivity (Wildman–Crippen MR) is 129 cm³/mol. The molecule has 0 atom stereocenters. The molecule has 0 N–H and O–H groups in total. The minimum Gasteiger partial charge on any atom is -0.493 e. The number of halogens is 1. The van der Waals surface area contributed by atoms with E-state index in [9.17, 15) is 9.59 Å². The number of hydrogen-bond donors (Lipinski definition) is 0. The first-order valence-corrected chi connectivity index (χ1v) is 10.7. The van der Waals surface area contributed by atoms with Crippen molar-refractivity contribution in [1.29, 1.82) is 0 Å². The van der Waals surface area contributed by atoms with Gasteiger partial charge in [0.25, 0.3) is 5.91 Å².